The Balaban J connectivity index is 2.02. The summed E-state index contributed by atoms with van der Waals surface area (Å²) in [4.78, 5) is 11.7. The molecule has 0 radical (unpaired) electrons. The molecular weight excluding hydrogens is 268 g/mol. The molecule has 0 unspecified atom stereocenters. The maximum Gasteiger partial charge on any atom is 0.307 e. The van der Waals surface area contributed by atoms with E-state index in [4.69, 9.17) is 9.15 Å². The minimum Gasteiger partial charge on any atom is -0.490 e. The van der Waals surface area contributed by atoms with Crippen molar-refractivity contribution in [3.63, 3.8) is 0 Å². The van der Waals surface area contributed by atoms with Crippen LogP contribution in [0.25, 0.3) is 0 Å². The molecule has 2 rings (SSSR count). The minimum atomic E-state index is -0.392. The van der Waals surface area contributed by atoms with Gasteiger partial charge in [0.15, 0.2) is 5.76 Å². The van der Waals surface area contributed by atoms with Gasteiger partial charge < -0.3 is 9.15 Å². The Kier molecular flexibility index (Phi) is 5.15. The van der Waals surface area contributed by atoms with E-state index in [1.165, 1.54) is 6.26 Å². The van der Waals surface area contributed by atoms with Crippen LogP contribution in [0.2, 0.25) is 0 Å². The molecule has 1 aromatic heterocycles. The fourth-order valence-corrected chi connectivity index (χ4v) is 1.62. The van der Waals surface area contributed by atoms with Gasteiger partial charge in [-0.05, 0) is 37.6 Å². The van der Waals surface area contributed by atoms with Gasteiger partial charge >= 0.3 is 5.91 Å². The van der Waals surface area contributed by atoms with Crippen molar-refractivity contribution < 1.29 is 13.9 Å². The highest BCUT2D eigenvalue weighted by Gasteiger charge is 2.07. The summed E-state index contributed by atoms with van der Waals surface area (Å²) in [5.41, 5.74) is 3.21. The number of amides is 1. The van der Waals surface area contributed by atoms with Gasteiger partial charge in [-0.25, -0.2) is 5.43 Å². The average Bonchev–Trinajstić information content (AvgIpc) is 3.03. The van der Waals surface area contributed by atoms with Crippen LogP contribution < -0.4 is 10.2 Å². The van der Waals surface area contributed by atoms with Crippen LogP contribution in [0.3, 0.4) is 0 Å². The van der Waals surface area contributed by atoms with E-state index in [9.17, 15) is 4.79 Å². The normalized spacial score (nSPS) is 12.3. The summed E-state index contributed by atoms with van der Waals surface area (Å²) in [5.74, 6) is 0.565. The molecule has 5 heteroatoms. The highest BCUT2D eigenvalue weighted by atomic mass is 16.5. The van der Waals surface area contributed by atoms with Gasteiger partial charge in [-0.1, -0.05) is 19.1 Å². The van der Waals surface area contributed by atoms with Crippen molar-refractivity contribution in [1.29, 1.82) is 0 Å². The smallest absolute Gasteiger partial charge is 0.307 e. The lowest BCUT2D eigenvalue weighted by Gasteiger charge is -2.14. The van der Waals surface area contributed by atoms with Crippen LogP contribution in [0.1, 0.15) is 36.4 Å². The molecule has 0 saturated carbocycles. The summed E-state index contributed by atoms with van der Waals surface area (Å²) >= 11 is 0. The Morgan fingerprint density at radius 3 is 2.90 bits per heavy atom. The first-order chi connectivity index (χ1) is 10.2. The first-order valence-electron chi connectivity index (χ1n) is 6.83. The molecule has 0 aliphatic carbocycles. The molecule has 21 heavy (non-hydrogen) atoms. The van der Waals surface area contributed by atoms with Crippen LogP contribution in [-0.4, -0.2) is 18.2 Å². The lowest BCUT2D eigenvalue weighted by Crippen LogP contribution is -2.17. The lowest BCUT2D eigenvalue weighted by atomic mass is 10.2. The van der Waals surface area contributed by atoms with Crippen molar-refractivity contribution in [3.05, 3.63) is 54.0 Å². The van der Waals surface area contributed by atoms with Gasteiger partial charge in [0.25, 0.3) is 0 Å². The molecule has 0 saturated heterocycles. The van der Waals surface area contributed by atoms with Crippen molar-refractivity contribution in [1.82, 2.24) is 5.43 Å². The number of para-hydroxylation sites is 1. The molecule has 5 nitrogen and oxygen atoms in total. The third-order valence-corrected chi connectivity index (χ3v) is 2.94. The molecule has 0 bridgehead atoms. The Morgan fingerprint density at radius 1 is 1.38 bits per heavy atom. The number of hydrazone groups is 1. The van der Waals surface area contributed by atoms with E-state index >= 15 is 0 Å². The fraction of sp³-hybridized carbons (Fsp3) is 0.250. The van der Waals surface area contributed by atoms with Crippen molar-refractivity contribution >= 4 is 12.1 Å². The lowest BCUT2D eigenvalue weighted by molar-refractivity contribution is 0.0927. The van der Waals surface area contributed by atoms with Crippen LogP contribution in [0.15, 0.2) is 52.2 Å². The van der Waals surface area contributed by atoms with Gasteiger partial charge in [0.05, 0.1) is 18.6 Å². The van der Waals surface area contributed by atoms with E-state index in [0.717, 1.165) is 17.7 Å². The summed E-state index contributed by atoms with van der Waals surface area (Å²) in [5, 5.41) is 3.93. The Morgan fingerprint density at radius 2 is 2.19 bits per heavy atom. The molecule has 0 fully saturated rings. The summed E-state index contributed by atoms with van der Waals surface area (Å²) in [6, 6.07) is 10.8. The molecule has 1 N–H and O–H groups in total. The number of ether oxygens (including phenoxy) is 1. The van der Waals surface area contributed by atoms with Gasteiger partial charge in [-0.2, -0.15) is 5.10 Å². The van der Waals surface area contributed by atoms with E-state index in [-0.39, 0.29) is 11.9 Å². The largest absolute Gasteiger partial charge is 0.490 e. The minimum absolute atomic E-state index is 0.122. The van der Waals surface area contributed by atoms with Crippen molar-refractivity contribution in [2.75, 3.05) is 0 Å². The topological polar surface area (TPSA) is 63.8 Å². The molecular formula is C16H18N2O3. The molecule has 0 aliphatic rings. The SMILES string of the molecule is CC[C@@H](C)Oc1ccccc1/C=N/NC(=O)c1ccco1. The average molecular weight is 286 g/mol. The van der Waals surface area contributed by atoms with Crippen LogP contribution in [0.4, 0.5) is 0 Å². The van der Waals surface area contributed by atoms with Crippen LogP contribution in [0, 0.1) is 0 Å². The number of carbonyl (C=O) groups excluding carboxylic acids is 1. The Labute approximate surface area is 123 Å². The van der Waals surface area contributed by atoms with Gasteiger partial charge in [0.1, 0.15) is 5.75 Å². The van der Waals surface area contributed by atoms with Crippen LogP contribution in [-0.2, 0) is 0 Å². The van der Waals surface area contributed by atoms with Crippen molar-refractivity contribution in [3.8, 4) is 5.75 Å². The molecule has 0 spiro atoms. The highest BCUT2D eigenvalue weighted by molar-refractivity contribution is 5.92. The Hall–Kier alpha value is -2.56. The molecule has 0 aliphatic heterocycles. The third kappa shape index (κ3) is 4.21. The predicted molar refractivity (Wildman–Crippen MR) is 80.6 cm³/mol. The summed E-state index contributed by atoms with van der Waals surface area (Å²) in [6.07, 6.45) is 4.03. The third-order valence-electron chi connectivity index (χ3n) is 2.94. The fourth-order valence-electron chi connectivity index (χ4n) is 1.62. The summed E-state index contributed by atoms with van der Waals surface area (Å²) in [7, 11) is 0. The molecule has 2 aromatic rings. The highest BCUT2D eigenvalue weighted by Crippen LogP contribution is 2.18. The van der Waals surface area contributed by atoms with Crippen LogP contribution in [0.5, 0.6) is 5.75 Å². The molecule has 1 aromatic carbocycles. The van der Waals surface area contributed by atoms with Gasteiger partial charge in [-0.15, -0.1) is 0 Å². The number of hydrogen-bond acceptors (Lipinski definition) is 4. The first kappa shape index (κ1) is 14.8. The number of hydrogen-bond donors (Lipinski definition) is 1. The number of rotatable bonds is 6. The van der Waals surface area contributed by atoms with Gasteiger partial charge in [0.2, 0.25) is 0 Å². The summed E-state index contributed by atoms with van der Waals surface area (Å²) < 4.78 is 10.8. The zero-order valence-corrected chi connectivity index (χ0v) is 12.1. The van der Waals surface area contributed by atoms with E-state index in [0.29, 0.717) is 0 Å². The number of benzene rings is 1. The zero-order valence-electron chi connectivity index (χ0n) is 12.1. The zero-order chi connectivity index (χ0) is 15.1. The van der Waals surface area contributed by atoms with Crippen molar-refractivity contribution in [2.45, 2.75) is 26.4 Å². The maximum atomic E-state index is 11.7. The molecule has 110 valence electrons. The first-order valence-corrected chi connectivity index (χ1v) is 6.83. The summed E-state index contributed by atoms with van der Waals surface area (Å²) in [6.45, 7) is 4.07. The second-order valence-electron chi connectivity index (χ2n) is 4.55. The van der Waals surface area contributed by atoms with E-state index in [2.05, 4.69) is 17.5 Å². The number of nitrogens with zero attached hydrogens (tertiary/aromatic N) is 1. The predicted octanol–water partition coefficient (Wildman–Crippen LogP) is 3.22. The Bertz CT molecular complexity index is 606. The number of carbonyl (C=O) groups is 1. The van der Waals surface area contributed by atoms with E-state index < -0.39 is 5.91 Å². The number of furan rings is 1. The molecule has 1 amide bonds. The quantitative estimate of drug-likeness (QED) is 0.655. The van der Waals surface area contributed by atoms with E-state index in [1.54, 1.807) is 18.3 Å². The monoisotopic (exact) mass is 286 g/mol. The van der Waals surface area contributed by atoms with Crippen LogP contribution >= 0.6 is 0 Å². The second kappa shape index (κ2) is 7.28. The van der Waals surface area contributed by atoms with E-state index in [1.807, 2.05) is 31.2 Å². The second-order valence-corrected chi connectivity index (χ2v) is 4.55. The standard InChI is InChI=1S/C16H18N2O3/c1-3-12(2)21-14-8-5-4-7-13(14)11-17-18-16(19)15-9-6-10-20-15/h4-12H,3H2,1-2H3,(H,18,19)/b17-11+/t12-/m1/s1. The van der Waals surface area contributed by atoms with Gasteiger partial charge in [-0.3, -0.25) is 4.79 Å². The maximum absolute atomic E-state index is 11.7. The van der Waals surface area contributed by atoms with Crippen molar-refractivity contribution in [2.24, 2.45) is 5.10 Å². The number of nitrogens with one attached hydrogen (secondary N) is 1. The molecule has 1 heterocycles. The molecule has 1 atom stereocenters. The van der Waals surface area contributed by atoms with Gasteiger partial charge in [0, 0.05) is 5.56 Å².